The lowest BCUT2D eigenvalue weighted by molar-refractivity contribution is -0.548. The highest BCUT2D eigenvalue weighted by Crippen LogP contribution is 2.26. The number of nitrogens with zero attached hydrogens (tertiary/aromatic N) is 4. The Bertz CT molecular complexity index is 1150. The standard InChI is InChI=1S/C22H20ClN5O3S/c1-26-19-18(20(30)27(2)22(26)31)28(12-14-8-6-7-11-16(14)23)21(25-19)32-13-17(29)24-15-9-4-3-5-10-15/h3-11,18H,12-13H2,1-2H3/p+1. The maximum atomic E-state index is 13.0. The van der Waals surface area contributed by atoms with Crippen LogP contribution in [0.2, 0.25) is 5.02 Å². The van der Waals surface area contributed by atoms with Gasteiger partial charge in [-0.25, -0.2) is 9.37 Å². The first-order valence-electron chi connectivity index (χ1n) is 9.85. The summed E-state index contributed by atoms with van der Waals surface area (Å²) < 4.78 is 1.79. The smallest absolute Gasteiger partial charge is 0.325 e. The number of likely N-dealkylation sites (N-methyl/N-ethyl adjacent to an activating group) is 2. The highest BCUT2D eigenvalue weighted by atomic mass is 35.5. The van der Waals surface area contributed by atoms with Crippen molar-refractivity contribution in [1.82, 2.24) is 9.80 Å². The van der Waals surface area contributed by atoms with Gasteiger partial charge in [-0.1, -0.05) is 48.0 Å². The molecule has 0 radical (unpaired) electrons. The fourth-order valence-electron chi connectivity index (χ4n) is 3.51. The quantitative estimate of drug-likeness (QED) is 0.681. The second kappa shape index (κ2) is 9.13. The van der Waals surface area contributed by atoms with Crippen LogP contribution < -0.4 is 5.32 Å². The fraction of sp³-hybridized carbons (Fsp3) is 0.227. The van der Waals surface area contributed by atoms with E-state index in [4.69, 9.17) is 11.6 Å². The number of urea groups is 1. The van der Waals surface area contributed by atoms with Gasteiger partial charge in [0.25, 0.3) is 17.8 Å². The van der Waals surface area contributed by atoms with Gasteiger partial charge in [-0.2, -0.15) is 0 Å². The molecule has 2 aliphatic heterocycles. The summed E-state index contributed by atoms with van der Waals surface area (Å²) in [6.07, 6.45) is 0. The normalized spacial score (nSPS) is 18.1. The highest BCUT2D eigenvalue weighted by Gasteiger charge is 2.53. The van der Waals surface area contributed by atoms with Crippen LogP contribution in [0.5, 0.6) is 0 Å². The first-order chi connectivity index (χ1) is 15.4. The minimum Gasteiger partial charge on any atom is -0.325 e. The Kier molecular flexibility index (Phi) is 6.29. The number of fused-ring (bicyclic) bond motifs is 1. The third-order valence-electron chi connectivity index (χ3n) is 5.18. The van der Waals surface area contributed by atoms with Crippen LogP contribution in [-0.4, -0.2) is 69.1 Å². The molecule has 10 heteroatoms. The van der Waals surface area contributed by atoms with E-state index in [1.165, 1.54) is 23.7 Å². The number of anilines is 1. The van der Waals surface area contributed by atoms with Crippen molar-refractivity contribution in [3.8, 4) is 0 Å². The van der Waals surface area contributed by atoms with Gasteiger partial charge in [-0.3, -0.25) is 19.4 Å². The molecule has 32 heavy (non-hydrogen) atoms. The summed E-state index contributed by atoms with van der Waals surface area (Å²) in [4.78, 5) is 44.9. The second-order valence-corrected chi connectivity index (χ2v) is 8.67. The van der Waals surface area contributed by atoms with Crippen LogP contribution in [-0.2, 0) is 16.1 Å². The molecule has 0 spiro atoms. The molecule has 0 saturated carbocycles. The van der Waals surface area contributed by atoms with Gasteiger partial charge in [-0.05, 0) is 35.0 Å². The molecule has 1 N–H and O–H groups in total. The number of halogens is 1. The molecule has 1 unspecified atom stereocenters. The summed E-state index contributed by atoms with van der Waals surface area (Å²) >= 11 is 7.56. The van der Waals surface area contributed by atoms with Crippen molar-refractivity contribution in [2.75, 3.05) is 25.2 Å². The molecule has 8 nitrogen and oxygen atoms in total. The minimum absolute atomic E-state index is 0.0917. The molecule has 2 aromatic rings. The molecule has 1 atom stereocenters. The average Bonchev–Trinajstić information content (AvgIpc) is 3.15. The Balaban J connectivity index is 1.61. The first kappa shape index (κ1) is 22.0. The van der Waals surface area contributed by atoms with Crippen LogP contribution in [0.25, 0.3) is 0 Å². The van der Waals surface area contributed by atoms with E-state index in [2.05, 4.69) is 10.3 Å². The lowest BCUT2D eigenvalue weighted by Crippen LogP contribution is -2.61. The summed E-state index contributed by atoms with van der Waals surface area (Å²) in [5, 5.41) is 3.88. The van der Waals surface area contributed by atoms with Crippen LogP contribution >= 0.6 is 23.4 Å². The van der Waals surface area contributed by atoms with E-state index >= 15 is 0 Å². The zero-order valence-corrected chi connectivity index (χ0v) is 19.1. The Morgan fingerprint density at radius 3 is 2.50 bits per heavy atom. The van der Waals surface area contributed by atoms with Crippen molar-refractivity contribution in [2.24, 2.45) is 4.99 Å². The lowest BCUT2D eigenvalue weighted by atomic mass is 10.1. The van der Waals surface area contributed by atoms with E-state index in [-0.39, 0.29) is 17.6 Å². The number of thioether (sulfide) groups is 1. The molecule has 1 saturated heterocycles. The van der Waals surface area contributed by atoms with E-state index < -0.39 is 12.1 Å². The van der Waals surface area contributed by atoms with Gasteiger partial charge in [0, 0.05) is 30.4 Å². The first-order valence-corrected chi connectivity index (χ1v) is 11.2. The van der Waals surface area contributed by atoms with E-state index in [0.717, 1.165) is 10.5 Å². The summed E-state index contributed by atoms with van der Waals surface area (Å²) in [6, 6.07) is 15.3. The largest absolute Gasteiger partial charge is 0.358 e. The maximum Gasteiger partial charge on any atom is 0.358 e. The summed E-state index contributed by atoms with van der Waals surface area (Å²) in [5.74, 6) is -0.136. The Morgan fingerprint density at radius 1 is 1.09 bits per heavy atom. The number of para-hydroxylation sites is 1. The topological polar surface area (TPSA) is 85.1 Å². The number of amidine groups is 2. The number of hydrogen-bond acceptors (Lipinski definition) is 5. The number of hydrogen-bond donors (Lipinski definition) is 1. The molecular formula is C22H21ClN5O3S+. The van der Waals surface area contributed by atoms with Crippen molar-refractivity contribution in [3.63, 3.8) is 0 Å². The van der Waals surface area contributed by atoms with E-state index in [1.54, 1.807) is 29.8 Å². The molecule has 164 valence electrons. The SMILES string of the molecule is CN1C(=O)C2C(=NC(SCC(=O)Nc3ccccc3)=[N+]2Cc2ccccc2Cl)N(C)C1=O. The van der Waals surface area contributed by atoms with Crippen molar-refractivity contribution in [3.05, 3.63) is 65.2 Å². The van der Waals surface area contributed by atoms with E-state index in [1.807, 2.05) is 36.4 Å². The lowest BCUT2D eigenvalue weighted by Gasteiger charge is -2.30. The molecule has 0 bridgehead atoms. The third-order valence-corrected chi connectivity index (χ3v) is 6.54. The Hall–Kier alpha value is -3.17. The van der Waals surface area contributed by atoms with Gasteiger partial charge < -0.3 is 5.32 Å². The monoisotopic (exact) mass is 470 g/mol. The Morgan fingerprint density at radius 2 is 1.78 bits per heavy atom. The molecule has 4 rings (SSSR count). The van der Waals surface area contributed by atoms with Crippen LogP contribution in [0.1, 0.15) is 5.56 Å². The zero-order chi connectivity index (χ0) is 22.8. The summed E-state index contributed by atoms with van der Waals surface area (Å²) in [7, 11) is 3.03. The van der Waals surface area contributed by atoms with Crippen molar-refractivity contribution >= 4 is 57.9 Å². The van der Waals surface area contributed by atoms with Crippen LogP contribution in [0.3, 0.4) is 0 Å². The fourth-order valence-corrected chi connectivity index (χ4v) is 4.53. The number of aliphatic imine (C=N–C) groups is 1. The number of carbonyl (C=O) groups excluding carboxylic acids is 3. The molecule has 2 aliphatic rings. The molecule has 4 amide bonds. The van der Waals surface area contributed by atoms with Crippen LogP contribution in [0.15, 0.2) is 59.6 Å². The highest BCUT2D eigenvalue weighted by molar-refractivity contribution is 8.14. The molecule has 0 aromatic heterocycles. The van der Waals surface area contributed by atoms with E-state index in [0.29, 0.717) is 28.3 Å². The number of carbonyl (C=O) groups is 3. The zero-order valence-electron chi connectivity index (χ0n) is 17.5. The van der Waals surface area contributed by atoms with E-state index in [9.17, 15) is 14.4 Å². The number of nitrogens with one attached hydrogen (secondary N) is 1. The van der Waals surface area contributed by atoms with Gasteiger partial charge >= 0.3 is 11.2 Å². The number of benzene rings is 2. The van der Waals surface area contributed by atoms with Gasteiger partial charge in [0.05, 0.1) is 5.75 Å². The van der Waals surface area contributed by atoms with Crippen LogP contribution in [0, 0.1) is 0 Å². The minimum atomic E-state index is -0.765. The molecular weight excluding hydrogens is 450 g/mol. The number of rotatable bonds is 5. The Labute approximate surface area is 194 Å². The van der Waals surface area contributed by atoms with Gasteiger partial charge in [0.15, 0.2) is 0 Å². The molecule has 2 heterocycles. The third kappa shape index (κ3) is 4.26. The van der Waals surface area contributed by atoms with Crippen molar-refractivity contribution < 1.29 is 19.0 Å². The van der Waals surface area contributed by atoms with Crippen molar-refractivity contribution in [1.29, 1.82) is 0 Å². The van der Waals surface area contributed by atoms with Gasteiger partial charge in [-0.15, -0.1) is 0 Å². The summed E-state index contributed by atoms with van der Waals surface area (Å²) in [5.41, 5.74) is 1.51. The predicted molar refractivity (Wildman–Crippen MR) is 125 cm³/mol. The molecule has 0 aliphatic carbocycles. The van der Waals surface area contributed by atoms with Gasteiger partial charge in [0.2, 0.25) is 5.91 Å². The number of imide groups is 1. The second-order valence-electron chi connectivity index (χ2n) is 7.32. The summed E-state index contributed by atoms with van der Waals surface area (Å²) in [6.45, 7) is 0.307. The molecule has 1 fully saturated rings. The average molecular weight is 471 g/mol. The predicted octanol–water partition coefficient (Wildman–Crippen LogP) is 2.88. The van der Waals surface area contributed by atoms with Crippen LogP contribution in [0.4, 0.5) is 10.5 Å². The van der Waals surface area contributed by atoms with Crippen molar-refractivity contribution in [2.45, 2.75) is 12.6 Å². The number of amides is 4. The maximum absolute atomic E-state index is 13.0. The molecule has 2 aromatic carbocycles. The van der Waals surface area contributed by atoms with Gasteiger partial charge in [0.1, 0.15) is 6.54 Å².